The second-order valence-corrected chi connectivity index (χ2v) is 6.57. The summed E-state index contributed by atoms with van der Waals surface area (Å²) < 4.78 is 1.63. The van der Waals surface area contributed by atoms with E-state index in [1.807, 2.05) is 17.9 Å². The molecule has 0 bridgehead atoms. The van der Waals surface area contributed by atoms with Gasteiger partial charge in [0, 0.05) is 25.5 Å². The molecule has 6 nitrogen and oxygen atoms in total. The lowest BCUT2D eigenvalue weighted by atomic mass is 10.2. The van der Waals surface area contributed by atoms with Crippen molar-refractivity contribution in [2.75, 3.05) is 13.1 Å². The molecular weight excluding hydrogens is 286 g/mol. The average Bonchev–Trinajstić information content (AvgIpc) is 2.71. The molecule has 0 unspecified atom stereocenters. The first-order chi connectivity index (χ1) is 10.2. The van der Waals surface area contributed by atoms with E-state index >= 15 is 0 Å². The van der Waals surface area contributed by atoms with Crippen LogP contribution in [0.4, 0.5) is 0 Å². The Kier molecular flexibility index (Phi) is 4.38. The van der Waals surface area contributed by atoms with E-state index in [9.17, 15) is 4.79 Å². The number of rotatable bonds is 3. The van der Waals surface area contributed by atoms with Gasteiger partial charge in [-0.3, -0.25) is 4.79 Å². The zero-order valence-corrected chi connectivity index (χ0v) is 12.9. The fourth-order valence-electron chi connectivity index (χ4n) is 2.52. The number of likely N-dealkylation sites (tertiary alicyclic amines) is 1. The van der Waals surface area contributed by atoms with Gasteiger partial charge < -0.3 is 4.90 Å². The minimum absolute atomic E-state index is 0.166. The first-order valence-electron chi connectivity index (χ1n) is 7.37. The summed E-state index contributed by atoms with van der Waals surface area (Å²) in [7, 11) is 0. The number of hydrogen-bond donors (Lipinski definition) is 0. The van der Waals surface area contributed by atoms with Crippen LogP contribution in [0.15, 0.2) is 23.6 Å². The van der Waals surface area contributed by atoms with Crippen molar-refractivity contribution in [2.45, 2.75) is 43.0 Å². The van der Waals surface area contributed by atoms with E-state index in [0.717, 1.165) is 25.9 Å². The second kappa shape index (κ2) is 6.43. The van der Waals surface area contributed by atoms with Gasteiger partial charge in [0.05, 0.1) is 5.25 Å². The van der Waals surface area contributed by atoms with Crippen LogP contribution in [0, 0.1) is 0 Å². The molecule has 0 radical (unpaired) electrons. The van der Waals surface area contributed by atoms with Gasteiger partial charge in [-0.15, -0.1) is 5.10 Å². The molecule has 112 valence electrons. The average molecular weight is 305 g/mol. The Labute approximate surface area is 128 Å². The van der Waals surface area contributed by atoms with Crippen LogP contribution in [0.1, 0.15) is 32.6 Å². The summed E-state index contributed by atoms with van der Waals surface area (Å²) in [4.78, 5) is 23.0. The van der Waals surface area contributed by atoms with Gasteiger partial charge in [0.25, 0.3) is 5.78 Å². The van der Waals surface area contributed by atoms with Crippen LogP contribution >= 0.6 is 11.8 Å². The summed E-state index contributed by atoms with van der Waals surface area (Å²) in [5.41, 5.74) is 0. The molecule has 2 aromatic heterocycles. The van der Waals surface area contributed by atoms with Gasteiger partial charge in [-0.25, -0.2) is 9.50 Å². The van der Waals surface area contributed by atoms with E-state index in [1.54, 1.807) is 16.9 Å². The van der Waals surface area contributed by atoms with Crippen molar-refractivity contribution in [3.63, 3.8) is 0 Å². The standard InChI is InChI=1S/C14H19N5OS/c1-11(12(20)18-8-4-2-3-5-9-18)21-14-16-13-15-7-6-10-19(13)17-14/h6-7,10-11H,2-5,8-9H2,1H3/t11-/m0/s1. The smallest absolute Gasteiger partial charge is 0.253 e. The molecule has 0 aromatic carbocycles. The second-order valence-electron chi connectivity index (χ2n) is 5.26. The number of fused-ring (bicyclic) bond motifs is 1. The highest BCUT2D eigenvalue weighted by molar-refractivity contribution is 8.00. The van der Waals surface area contributed by atoms with Crippen LogP contribution in [0.5, 0.6) is 0 Å². The minimum Gasteiger partial charge on any atom is -0.342 e. The van der Waals surface area contributed by atoms with Crippen molar-refractivity contribution in [3.8, 4) is 0 Å². The van der Waals surface area contributed by atoms with Crippen molar-refractivity contribution >= 4 is 23.4 Å². The lowest BCUT2D eigenvalue weighted by Crippen LogP contribution is -2.37. The van der Waals surface area contributed by atoms with Crippen LogP contribution < -0.4 is 0 Å². The first kappa shape index (κ1) is 14.3. The summed E-state index contributed by atoms with van der Waals surface area (Å²) in [6.07, 6.45) is 8.17. The maximum atomic E-state index is 12.5. The van der Waals surface area contributed by atoms with Gasteiger partial charge >= 0.3 is 0 Å². The van der Waals surface area contributed by atoms with E-state index in [2.05, 4.69) is 15.1 Å². The van der Waals surface area contributed by atoms with E-state index in [0.29, 0.717) is 10.9 Å². The van der Waals surface area contributed by atoms with Gasteiger partial charge in [0.15, 0.2) is 0 Å². The van der Waals surface area contributed by atoms with Crippen molar-refractivity contribution in [3.05, 3.63) is 18.5 Å². The predicted molar refractivity (Wildman–Crippen MR) is 81.1 cm³/mol. The fourth-order valence-corrected chi connectivity index (χ4v) is 3.36. The zero-order valence-electron chi connectivity index (χ0n) is 12.1. The van der Waals surface area contributed by atoms with E-state index in [-0.39, 0.29) is 11.2 Å². The molecule has 0 spiro atoms. The Morgan fingerprint density at radius 1 is 1.29 bits per heavy atom. The summed E-state index contributed by atoms with van der Waals surface area (Å²) in [5, 5.41) is 4.77. The molecule has 3 heterocycles. The van der Waals surface area contributed by atoms with Gasteiger partial charge in [-0.1, -0.05) is 24.6 Å². The van der Waals surface area contributed by atoms with Gasteiger partial charge in [0.1, 0.15) is 0 Å². The molecule has 1 aliphatic heterocycles. The van der Waals surface area contributed by atoms with Crippen molar-refractivity contribution < 1.29 is 4.79 Å². The number of hydrogen-bond acceptors (Lipinski definition) is 5. The van der Waals surface area contributed by atoms with Gasteiger partial charge in [-0.05, 0) is 25.8 Å². The molecule has 1 atom stereocenters. The SMILES string of the molecule is C[C@H](Sc1nc2ncccn2n1)C(=O)N1CCCCCC1. The zero-order chi connectivity index (χ0) is 14.7. The van der Waals surface area contributed by atoms with Crippen molar-refractivity contribution in [2.24, 2.45) is 0 Å². The molecule has 2 aromatic rings. The third-order valence-corrected chi connectivity index (χ3v) is 4.58. The molecule has 7 heteroatoms. The third-order valence-electron chi connectivity index (χ3n) is 3.64. The molecule has 0 N–H and O–H groups in total. The molecular formula is C14H19N5OS. The summed E-state index contributed by atoms with van der Waals surface area (Å²) in [5.74, 6) is 0.753. The fraction of sp³-hybridized carbons (Fsp3) is 0.571. The first-order valence-corrected chi connectivity index (χ1v) is 8.25. The highest BCUT2D eigenvalue weighted by Crippen LogP contribution is 2.22. The maximum absolute atomic E-state index is 12.5. The van der Waals surface area contributed by atoms with Crippen LogP contribution in [0.25, 0.3) is 5.78 Å². The molecule has 0 aliphatic carbocycles. The highest BCUT2D eigenvalue weighted by atomic mass is 32.2. The number of nitrogens with zero attached hydrogens (tertiary/aromatic N) is 5. The predicted octanol–water partition coefficient (Wildman–Crippen LogP) is 2.01. The highest BCUT2D eigenvalue weighted by Gasteiger charge is 2.23. The Morgan fingerprint density at radius 2 is 2.05 bits per heavy atom. The molecule has 1 fully saturated rings. The number of aromatic nitrogens is 4. The molecule has 1 saturated heterocycles. The summed E-state index contributed by atoms with van der Waals surface area (Å²) in [6.45, 7) is 3.69. The number of carbonyl (C=O) groups is 1. The minimum atomic E-state index is -0.166. The topological polar surface area (TPSA) is 63.4 Å². The van der Waals surface area contributed by atoms with Gasteiger partial charge in [-0.2, -0.15) is 4.98 Å². The van der Waals surface area contributed by atoms with E-state index in [4.69, 9.17) is 0 Å². The van der Waals surface area contributed by atoms with Crippen LogP contribution in [-0.2, 0) is 4.79 Å². The largest absolute Gasteiger partial charge is 0.342 e. The van der Waals surface area contributed by atoms with E-state index < -0.39 is 0 Å². The van der Waals surface area contributed by atoms with Crippen LogP contribution in [0.2, 0.25) is 0 Å². The van der Waals surface area contributed by atoms with Crippen LogP contribution in [0.3, 0.4) is 0 Å². The summed E-state index contributed by atoms with van der Waals surface area (Å²) >= 11 is 1.40. The lowest BCUT2D eigenvalue weighted by molar-refractivity contribution is -0.130. The Balaban J connectivity index is 1.67. The molecule has 21 heavy (non-hydrogen) atoms. The third kappa shape index (κ3) is 3.34. The quantitative estimate of drug-likeness (QED) is 0.812. The normalized spacial score (nSPS) is 17.7. The van der Waals surface area contributed by atoms with E-state index in [1.165, 1.54) is 24.6 Å². The molecule has 1 amide bonds. The van der Waals surface area contributed by atoms with Gasteiger partial charge in [0.2, 0.25) is 11.1 Å². The van der Waals surface area contributed by atoms with Crippen molar-refractivity contribution in [1.82, 2.24) is 24.5 Å². The molecule has 3 rings (SSSR count). The Morgan fingerprint density at radius 3 is 2.76 bits per heavy atom. The number of thioether (sulfide) groups is 1. The Bertz CT molecular complexity index is 588. The Hall–Kier alpha value is -1.63. The van der Waals surface area contributed by atoms with Crippen molar-refractivity contribution in [1.29, 1.82) is 0 Å². The molecule has 1 aliphatic rings. The molecule has 0 saturated carbocycles. The summed E-state index contributed by atoms with van der Waals surface area (Å²) in [6, 6.07) is 1.81. The lowest BCUT2D eigenvalue weighted by Gasteiger charge is -2.23. The monoisotopic (exact) mass is 305 g/mol. The number of amides is 1. The maximum Gasteiger partial charge on any atom is 0.253 e. The van der Waals surface area contributed by atoms with Crippen LogP contribution in [-0.4, -0.2) is 48.7 Å². The number of carbonyl (C=O) groups excluding carboxylic acids is 1.